The Bertz CT molecular complexity index is 1260. The normalized spacial score (nSPS) is 20.6. The lowest BCUT2D eigenvalue weighted by atomic mass is 10.0. The molecule has 2 aliphatic heterocycles. The molecule has 4 heterocycles. The molecule has 1 amide bonds. The molecule has 1 atom stereocenters. The summed E-state index contributed by atoms with van der Waals surface area (Å²) < 4.78 is 13.9. The molecule has 10 nitrogen and oxygen atoms in total. The van der Waals surface area contributed by atoms with Gasteiger partial charge in [-0.2, -0.15) is 5.10 Å². The summed E-state index contributed by atoms with van der Waals surface area (Å²) in [7, 11) is 1.85. The van der Waals surface area contributed by atoms with Gasteiger partial charge < -0.3 is 19.0 Å². The third-order valence-corrected chi connectivity index (χ3v) is 7.56. The number of aromatic nitrogens is 3. The lowest BCUT2D eigenvalue weighted by Gasteiger charge is -2.32. The molecule has 3 fully saturated rings. The van der Waals surface area contributed by atoms with E-state index in [0.29, 0.717) is 33.8 Å². The van der Waals surface area contributed by atoms with Gasteiger partial charge in [-0.1, -0.05) is 34.4 Å². The van der Waals surface area contributed by atoms with E-state index in [0.717, 1.165) is 61.6 Å². The minimum Gasteiger partial charge on any atom is -0.373 e. The number of halogens is 2. The van der Waals surface area contributed by atoms with Crippen molar-refractivity contribution in [1.82, 2.24) is 25.7 Å². The quantitative estimate of drug-likeness (QED) is 0.451. The number of carbonyl (C=O) groups excluding carboxylic acids is 1. The minimum atomic E-state index is -0.502. The lowest BCUT2D eigenvalue weighted by Crippen LogP contribution is -2.37. The standard InChI is InChI=1S/C24H26Cl2N6O4/c1-31-18(23-27-24(33)36-30-23)11-19(28-31)32-9-7-14(8-10-32)34-12-15-21(29-35-22(15)13-5-6-13)20-16(25)3-2-4-17(20)26/h2-4,11,13-14,23,30H,5-10,12H2,1H3,(H,27,33). The van der Waals surface area contributed by atoms with Crippen molar-refractivity contribution < 1.29 is 18.9 Å². The number of hydroxylamine groups is 1. The first-order valence-electron chi connectivity index (χ1n) is 12.0. The molecule has 36 heavy (non-hydrogen) atoms. The van der Waals surface area contributed by atoms with E-state index in [9.17, 15) is 4.79 Å². The number of anilines is 1. The fourth-order valence-corrected chi connectivity index (χ4v) is 5.39. The number of amides is 1. The van der Waals surface area contributed by atoms with Crippen molar-refractivity contribution in [2.75, 3.05) is 18.0 Å². The predicted octanol–water partition coefficient (Wildman–Crippen LogP) is 4.69. The van der Waals surface area contributed by atoms with Gasteiger partial charge in [0.2, 0.25) is 0 Å². The Kier molecular flexibility index (Phi) is 6.28. The monoisotopic (exact) mass is 532 g/mol. The predicted molar refractivity (Wildman–Crippen MR) is 133 cm³/mol. The van der Waals surface area contributed by atoms with Crippen LogP contribution in [0.4, 0.5) is 10.6 Å². The maximum absolute atomic E-state index is 11.4. The Morgan fingerprint density at radius 2 is 1.92 bits per heavy atom. The summed E-state index contributed by atoms with van der Waals surface area (Å²) in [6.07, 6.45) is 3.08. The van der Waals surface area contributed by atoms with Crippen LogP contribution in [-0.2, 0) is 23.2 Å². The van der Waals surface area contributed by atoms with E-state index in [2.05, 4.69) is 26.0 Å². The Labute approximate surface area is 217 Å². The number of benzene rings is 1. The maximum atomic E-state index is 11.4. The number of aryl methyl sites for hydroxylation is 1. The fourth-order valence-electron chi connectivity index (χ4n) is 4.82. The molecule has 1 aliphatic carbocycles. The molecular formula is C24H26Cl2N6O4. The first-order chi connectivity index (χ1) is 17.5. The van der Waals surface area contributed by atoms with Crippen LogP contribution in [0.1, 0.15) is 54.8 Å². The van der Waals surface area contributed by atoms with Crippen LogP contribution in [0.5, 0.6) is 0 Å². The first-order valence-corrected chi connectivity index (χ1v) is 12.8. The molecule has 3 aliphatic rings. The highest BCUT2D eigenvalue weighted by molar-refractivity contribution is 6.39. The molecule has 0 bridgehead atoms. The van der Waals surface area contributed by atoms with Crippen molar-refractivity contribution in [1.29, 1.82) is 0 Å². The van der Waals surface area contributed by atoms with Crippen LogP contribution in [0, 0.1) is 0 Å². The highest BCUT2D eigenvalue weighted by atomic mass is 35.5. The second kappa shape index (κ2) is 9.59. The van der Waals surface area contributed by atoms with Crippen LogP contribution in [-0.4, -0.2) is 40.2 Å². The largest absolute Gasteiger partial charge is 0.427 e. The summed E-state index contributed by atoms with van der Waals surface area (Å²) in [6.45, 7) is 2.02. The number of hydrogen-bond donors (Lipinski definition) is 2. The molecule has 1 unspecified atom stereocenters. The molecule has 6 rings (SSSR count). The zero-order valence-corrected chi connectivity index (χ0v) is 21.2. The molecule has 190 valence electrons. The Balaban J connectivity index is 1.12. The van der Waals surface area contributed by atoms with Crippen LogP contribution in [0.3, 0.4) is 0 Å². The van der Waals surface area contributed by atoms with Crippen molar-refractivity contribution in [3.63, 3.8) is 0 Å². The van der Waals surface area contributed by atoms with Crippen LogP contribution >= 0.6 is 23.2 Å². The average Bonchev–Trinajstić information content (AvgIpc) is 3.29. The third-order valence-electron chi connectivity index (χ3n) is 6.93. The van der Waals surface area contributed by atoms with E-state index in [1.165, 1.54) is 0 Å². The van der Waals surface area contributed by atoms with Crippen LogP contribution in [0.15, 0.2) is 28.8 Å². The maximum Gasteiger partial charge on any atom is 0.427 e. The molecule has 0 radical (unpaired) electrons. The number of nitrogens with one attached hydrogen (secondary N) is 2. The van der Waals surface area contributed by atoms with Crippen molar-refractivity contribution in [3.8, 4) is 11.3 Å². The number of piperidine rings is 1. The molecule has 2 saturated heterocycles. The summed E-state index contributed by atoms with van der Waals surface area (Å²) in [4.78, 5) is 18.4. The zero-order valence-electron chi connectivity index (χ0n) is 19.7. The number of ether oxygens (including phenoxy) is 1. The Morgan fingerprint density at radius 3 is 2.58 bits per heavy atom. The van der Waals surface area contributed by atoms with Crippen molar-refractivity contribution in [2.45, 2.75) is 50.5 Å². The Hall–Kier alpha value is -2.79. The SMILES string of the molecule is Cn1nc(N2CCC(OCc3c(-c4c(Cl)cccc4Cl)noc3C3CC3)CC2)cc1C1NOC(=O)N1. The third kappa shape index (κ3) is 4.54. The fraction of sp³-hybridized carbons (Fsp3) is 0.458. The van der Waals surface area contributed by atoms with Gasteiger partial charge in [0.1, 0.15) is 11.5 Å². The molecule has 2 aromatic heterocycles. The first kappa shape index (κ1) is 23.6. The second-order valence-corrected chi connectivity index (χ2v) is 10.2. The Morgan fingerprint density at radius 1 is 1.17 bits per heavy atom. The van der Waals surface area contributed by atoms with Gasteiger partial charge in [-0.25, -0.2) is 4.79 Å². The van der Waals surface area contributed by atoms with Crippen LogP contribution < -0.4 is 15.7 Å². The van der Waals surface area contributed by atoms with Crippen molar-refractivity contribution in [2.24, 2.45) is 7.05 Å². The van der Waals surface area contributed by atoms with E-state index in [1.54, 1.807) is 16.8 Å². The van der Waals surface area contributed by atoms with E-state index in [1.807, 2.05) is 19.2 Å². The molecule has 1 aromatic carbocycles. The van der Waals surface area contributed by atoms with Crippen LogP contribution in [0.25, 0.3) is 11.3 Å². The lowest BCUT2D eigenvalue weighted by molar-refractivity contribution is 0.0245. The molecule has 12 heteroatoms. The number of rotatable bonds is 7. The highest BCUT2D eigenvalue weighted by Crippen LogP contribution is 2.46. The summed E-state index contributed by atoms with van der Waals surface area (Å²) in [5.74, 6) is 2.13. The summed E-state index contributed by atoms with van der Waals surface area (Å²) in [5, 5.41) is 12.8. The van der Waals surface area contributed by atoms with Crippen molar-refractivity contribution >= 4 is 35.1 Å². The van der Waals surface area contributed by atoms with Gasteiger partial charge in [0.25, 0.3) is 0 Å². The molecular weight excluding hydrogens is 507 g/mol. The van der Waals surface area contributed by atoms with E-state index >= 15 is 0 Å². The topological polar surface area (TPSA) is 107 Å². The van der Waals surface area contributed by atoms with Gasteiger partial charge in [-0.05, 0) is 37.8 Å². The number of hydrogen-bond acceptors (Lipinski definition) is 8. The van der Waals surface area contributed by atoms with E-state index in [-0.39, 0.29) is 6.10 Å². The zero-order chi connectivity index (χ0) is 24.8. The number of carbonyl (C=O) groups is 1. The van der Waals surface area contributed by atoms with Gasteiger partial charge in [0, 0.05) is 43.2 Å². The van der Waals surface area contributed by atoms with Crippen LogP contribution in [0.2, 0.25) is 10.0 Å². The highest BCUT2D eigenvalue weighted by Gasteiger charge is 2.34. The van der Waals surface area contributed by atoms with Crippen molar-refractivity contribution in [3.05, 3.63) is 51.3 Å². The van der Waals surface area contributed by atoms with E-state index in [4.69, 9.17) is 37.3 Å². The average molecular weight is 533 g/mol. The number of nitrogens with zero attached hydrogens (tertiary/aromatic N) is 4. The molecule has 3 aromatic rings. The summed E-state index contributed by atoms with van der Waals surface area (Å²) in [6, 6.07) is 7.40. The minimum absolute atomic E-state index is 0.102. The van der Waals surface area contributed by atoms with Gasteiger partial charge in [0.15, 0.2) is 12.0 Å². The smallest absolute Gasteiger partial charge is 0.373 e. The van der Waals surface area contributed by atoms with Gasteiger partial charge in [-0.15, -0.1) is 5.48 Å². The van der Waals surface area contributed by atoms with Gasteiger partial charge >= 0.3 is 6.09 Å². The van der Waals surface area contributed by atoms with Gasteiger partial charge in [0.05, 0.1) is 28.5 Å². The van der Waals surface area contributed by atoms with E-state index < -0.39 is 12.3 Å². The summed E-state index contributed by atoms with van der Waals surface area (Å²) in [5.41, 5.74) is 5.79. The second-order valence-electron chi connectivity index (χ2n) is 9.38. The molecule has 0 spiro atoms. The summed E-state index contributed by atoms with van der Waals surface area (Å²) >= 11 is 12.9. The molecule has 2 N–H and O–H groups in total. The van der Waals surface area contributed by atoms with Gasteiger partial charge in [-0.3, -0.25) is 10.00 Å². The molecule has 1 saturated carbocycles.